The number of carbonyl (C=O) groups excluding carboxylic acids is 1. The van der Waals surface area contributed by atoms with E-state index < -0.39 is 5.97 Å². The van der Waals surface area contributed by atoms with Crippen LogP contribution in [0.5, 0.6) is 5.75 Å². The molecule has 0 heterocycles. The Morgan fingerprint density at radius 3 is 2.76 bits per heavy atom. The first-order chi connectivity index (χ1) is 8.11. The number of carbonyl (C=O) groups is 1. The van der Waals surface area contributed by atoms with Gasteiger partial charge >= 0.3 is 5.97 Å². The van der Waals surface area contributed by atoms with Crippen LogP contribution >= 0.6 is 22.6 Å². The van der Waals surface area contributed by atoms with Crippen molar-refractivity contribution >= 4 is 34.2 Å². The molecule has 0 radical (unpaired) electrons. The minimum absolute atomic E-state index is 0.0694. The van der Waals surface area contributed by atoms with Crippen molar-refractivity contribution in [3.05, 3.63) is 21.3 Å². The highest BCUT2D eigenvalue weighted by Gasteiger charge is 2.17. The number of hydrogen-bond acceptors (Lipinski definition) is 5. The lowest BCUT2D eigenvalue weighted by molar-refractivity contribution is 0.0206. The summed E-state index contributed by atoms with van der Waals surface area (Å²) in [7, 11) is 1.32. The maximum absolute atomic E-state index is 11.5. The molecular formula is C11H14INO4. The third kappa shape index (κ3) is 3.47. The highest BCUT2D eigenvalue weighted by atomic mass is 127. The Labute approximate surface area is 113 Å². The molecule has 0 spiro atoms. The van der Waals surface area contributed by atoms with Gasteiger partial charge in [0.25, 0.3) is 0 Å². The first kappa shape index (κ1) is 14.0. The Balaban J connectivity index is 3.03. The van der Waals surface area contributed by atoms with Crippen molar-refractivity contribution in [2.24, 2.45) is 0 Å². The molecule has 0 saturated heterocycles. The number of methoxy groups -OCH3 is 1. The molecule has 0 aliphatic carbocycles. The minimum atomic E-state index is -0.464. The Morgan fingerprint density at radius 1 is 1.47 bits per heavy atom. The van der Waals surface area contributed by atoms with Gasteiger partial charge in [-0.3, -0.25) is 0 Å². The van der Waals surface area contributed by atoms with Crippen molar-refractivity contribution in [3.63, 3.8) is 0 Å². The number of esters is 1. The van der Waals surface area contributed by atoms with E-state index in [1.54, 1.807) is 12.1 Å². The number of ether oxygens (including phenoxy) is 3. The van der Waals surface area contributed by atoms with E-state index in [9.17, 15) is 4.79 Å². The second-order valence-electron chi connectivity index (χ2n) is 3.09. The summed E-state index contributed by atoms with van der Waals surface area (Å²) in [5.41, 5.74) is 6.64. The zero-order chi connectivity index (χ0) is 12.8. The van der Waals surface area contributed by atoms with E-state index in [1.807, 2.05) is 29.5 Å². The summed E-state index contributed by atoms with van der Waals surface area (Å²) < 4.78 is 15.8. The van der Waals surface area contributed by atoms with Gasteiger partial charge in [0.2, 0.25) is 0 Å². The van der Waals surface area contributed by atoms with Gasteiger partial charge in [-0.1, -0.05) is 0 Å². The van der Waals surface area contributed by atoms with Crippen LogP contribution in [0.1, 0.15) is 17.3 Å². The molecule has 0 fully saturated rings. The Bertz CT molecular complexity index is 409. The van der Waals surface area contributed by atoms with Crippen LogP contribution in [0.4, 0.5) is 5.69 Å². The van der Waals surface area contributed by atoms with Crippen LogP contribution in [0.2, 0.25) is 0 Å². The fraction of sp³-hybridized carbons (Fsp3) is 0.364. The summed E-state index contributed by atoms with van der Waals surface area (Å²) in [6, 6.07) is 3.21. The van der Waals surface area contributed by atoms with Gasteiger partial charge in [0.1, 0.15) is 5.56 Å². The molecule has 1 aromatic carbocycles. The average Bonchev–Trinajstić information content (AvgIpc) is 2.34. The summed E-state index contributed by atoms with van der Waals surface area (Å²) in [6.45, 7) is 2.46. The molecule has 1 aromatic rings. The largest absolute Gasteiger partial charge is 0.465 e. The van der Waals surface area contributed by atoms with Gasteiger partial charge in [-0.15, -0.1) is 0 Å². The number of halogens is 1. The van der Waals surface area contributed by atoms with E-state index in [2.05, 4.69) is 4.74 Å². The molecule has 2 N–H and O–H groups in total. The van der Waals surface area contributed by atoms with Gasteiger partial charge < -0.3 is 19.9 Å². The molecule has 0 aliphatic heterocycles. The van der Waals surface area contributed by atoms with Crippen LogP contribution < -0.4 is 10.5 Å². The van der Waals surface area contributed by atoms with Crippen LogP contribution in [0.15, 0.2) is 12.1 Å². The van der Waals surface area contributed by atoms with Gasteiger partial charge in [0.05, 0.1) is 10.7 Å². The number of benzene rings is 1. The van der Waals surface area contributed by atoms with E-state index in [4.69, 9.17) is 15.2 Å². The van der Waals surface area contributed by atoms with Crippen molar-refractivity contribution in [2.75, 3.05) is 26.2 Å². The van der Waals surface area contributed by atoms with E-state index >= 15 is 0 Å². The Morgan fingerprint density at radius 2 is 2.18 bits per heavy atom. The van der Waals surface area contributed by atoms with Gasteiger partial charge in [-0.05, 0) is 41.6 Å². The van der Waals surface area contributed by atoms with Crippen molar-refractivity contribution < 1.29 is 19.0 Å². The maximum Gasteiger partial charge on any atom is 0.341 e. The lowest BCUT2D eigenvalue weighted by atomic mass is 10.2. The predicted octanol–water partition coefficient (Wildman–Crippen LogP) is 2.03. The van der Waals surface area contributed by atoms with E-state index in [-0.39, 0.29) is 6.79 Å². The average molecular weight is 351 g/mol. The second kappa shape index (κ2) is 6.65. The molecule has 0 amide bonds. The first-order valence-electron chi connectivity index (χ1n) is 4.98. The fourth-order valence-electron chi connectivity index (χ4n) is 1.17. The summed E-state index contributed by atoms with van der Waals surface area (Å²) in [4.78, 5) is 11.5. The van der Waals surface area contributed by atoms with Gasteiger partial charge in [-0.25, -0.2) is 4.79 Å². The first-order valence-corrected chi connectivity index (χ1v) is 6.06. The number of anilines is 1. The van der Waals surface area contributed by atoms with Crippen LogP contribution in [0.25, 0.3) is 0 Å². The molecule has 0 unspecified atom stereocenters. The van der Waals surface area contributed by atoms with Crippen LogP contribution in [-0.2, 0) is 9.47 Å². The zero-order valence-electron chi connectivity index (χ0n) is 9.66. The van der Waals surface area contributed by atoms with Gasteiger partial charge in [0, 0.05) is 12.3 Å². The standard InChI is InChI=1S/C11H14INO4/c1-3-16-6-17-10-7(11(14)15-2)4-5-8(13)9(10)12/h4-5H,3,6,13H2,1-2H3. The molecule has 0 aliphatic rings. The summed E-state index contributed by atoms with van der Waals surface area (Å²) in [5, 5.41) is 0. The van der Waals surface area contributed by atoms with Crippen LogP contribution in [0, 0.1) is 3.57 Å². The molecular weight excluding hydrogens is 337 g/mol. The number of nitrogens with two attached hydrogens (primary N) is 1. The molecule has 5 nitrogen and oxygen atoms in total. The zero-order valence-corrected chi connectivity index (χ0v) is 11.8. The second-order valence-corrected chi connectivity index (χ2v) is 4.17. The topological polar surface area (TPSA) is 70.8 Å². The minimum Gasteiger partial charge on any atom is -0.465 e. The van der Waals surface area contributed by atoms with Gasteiger partial charge in [-0.2, -0.15) is 0 Å². The summed E-state index contributed by atoms with van der Waals surface area (Å²) in [5.74, 6) is -0.0692. The molecule has 0 saturated carbocycles. The molecule has 17 heavy (non-hydrogen) atoms. The number of rotatable bonds is 5. The molecule has 0 bridgehead atoms. The Kier molecular flexibility index (Phi) is 5.49. The monoisotopic (exact) mass is 351 g/mol. The van der Waals surface area contributed by atoms with Gasteiger partial charge in [0.15, 0.2) is 12.5 Å². The molecule has 6 heteroatoms. The molecule has 0 aromatic heterocycles. The number of hydrogen-bond donors (Lipinski definition) is 1. The molecule has 94 valence electrons. The van der Waals surface area contributed by atoms with Crippen molar-refractivity contribution in [1.29, 1.82) is 0 Å². The summed E-state index contributed by atoms with van der Waals surface area (Å²) in [6.07, 6.45) is 0. The van der Waals surface area contributed by atoms with Crippen molar-refractivity contribution in [1.82, 2.24) is 0 Å². The quantitative estimate of drug-likeness (QED) is 0.289. The van der Waals surface area contributed by atoms with Crippen LogP contribution in [-0.4, -0.2) is 26.5 Å². The Hall–Kier alpha value is -1.02. The maximum atomic E-state index is 11.5. The van der Waals surface area contributed by atoms with E-state index in [1.165, 1.54) is 7.11 Å². The van der Waals surface area contributed by atoms with E-state index in [0.29, 0.717) is 27.2 Å². The third-order valence-electron chi connectivity index (χ3n) is 2.02. The lowest BCUT2D eigenvalue weighted by Gasteiger charge is -2.13. The normalized spacial score (nSPS) is 10.1. The summed E-state index contributed by atoms with van der Waals surface area (Å²) >= 11 is 2.02. The highest BCUT2D eigenvalue weighted by molar-refractivity contribution is 14.1. The predicted molar refractivity (Wildman–Crippen MR) is 72.0 cm³/mol. The molecule has 1 rings (SSSR count). The fourth-order valence-corrected chi connectivity index (χ4v) is 1.79. The SMILES string of the molecule is CCOCOc1c(C(=O)OC)ccc(N)c1I. The number of nitrogen functional groups attached to an aromatic ring is 1. The highest BCUT2D eigenvalue weighted by Crippen LogP contribution is 2.31. The van der Waals surface area contributed by atoms with Crippen LogP contribution in [0.3, 0.4) is 0 Å². The lowest BCUT2D eigenvalue weighted by Crippen LogP contribution is -2.10. The molecule has 0 atom stereocenters. The third-order valence-corrected chi connectivity index (χ3v) is 3.14. The smallest absolute Gasteiger partial charge is 0.341 e. The van der Waals surface area contributed by atoms with E-state index in [0.717, 1.165) is 0 Å². The van der Waals surface area contributed by atoms with Crippen molar-refractivity contribution in [2.45, 2.75) is 6.92 Å². The van der Waals surface area contributed by atoms with Crippen molar-refractivity contribution in [3.8, 4) is 5.75 Å².